The summed E-state index contributed by atoms with van der Waals surface area (Å²) in [5, 5.41) is 9.44. The number of carbonyl (C=O) groups is 1. The summed E-state index contributed by atoms with van der Waals surface area (Å²) in [7, 11) is 1.25. The Morgan fingerprint density at radius 2 is 2.29 bits per heavy atom. The maximum absolute atomic E-state index is 11.1. The van der Waals surface area contributed by atoms with E-state index in [1.54, 1.807) is 12.1 Å². The summed E-state index contributed by atoms with van der Waals surface area (Å²) in [6.07, 6.45) is 0. The van der Waals surface area contributed by atoms with E-state index in [4.69, 9.17) is 5.73 Å². The number of carbonyl (C=O) groups excluding carboxylic acids is 1. The van der Waals surface area contributed by atoms with E-state index in [1.807, 2.05) is 0 Å². The number of hydrogen-bond donors (Lipinski definition) is 2. The number of halogens is 1. The third-order valence-electron chi connectivity index (χ3n) is 1.78. The highest BCUT2D eigenvalue weighted by atomic mass is 79.9. The lowest BCUT2D eigenvalue weighted by Crippen LogP contribution is -2.22. The number of rotatable bonds is 2. The molecule has 0 aliphatic carbocycles. The van der Waals surface area contributed by atoms with Crippen LogP contribution < -0.4 is 5.73 Å². The molecule has 14 heavy (non-hydrogen) atoms. The number of esters is 1. The summed E-state index contributed by atoms with van der Waals surface area (Å²) in [6, 6.07) is 3.74. The molecule has 3 N–H and O–H groups in total. The zero-order chi connectivity index (χ0) is 10.7. The van der Waals surface area contributed by atoms with E-state index < -0.39 is 12.0 Å². The maximum atomic E-state index is 11.1. The van der Waals surface area contributed by atoms with Gasteiger partial charge in [-0.15, -0.1) is 0 Å². The zero-order valence-electron chi connectivity index (χ0n) is 7.53. The highest BCUT2D eigenvalue weighted by Crippen LogP contribution is 2.26. The van der Waals surface area contributed by atoms with Crippen LogP contribution in [0.25, 0.3) is 0 Å². The lowest BCUT2D eigenvalue weighted by Gasteiger charge is -2.11. The van der Waals surface area contributed by atoms with Crippen LogP contribution in [0.15, 0.2) is 22.7 Å². The van der Waals surface area contributed by atoms with E-state index in [9.17, 15) is 9.90 Å². The van der Waals surface area contributed by atoms with Gasteiger partial charge in [0.1, 0.15) is 11.8 Å². The summed E-state index contributed by atoms with van der Waals surface area (Å²) >= 11 is 3.22. The number of phenols is 1. The Hall–Kier alpha value is -1.07. The predicted octanol–water partition coefficient (Wildman–Crippen LogP) is 1.33. The summed E-state index contributed by atoms with van der Waals surface area (Å²) in [4.78, 5) is 11.1. The second kappa shape index (κ2) is 4.43. The second-order valence-corrected chi connectivity index (χ2v) is 3.62. The van der Waals surface area contributed by atoms with E-state index in [-0.39, 0.29) is 5.75 Å². The van der Waals surface area contributed by atoms with E-state index in [2.05, 4.69) is 20.7 Å². The Balaban J connectivity index is 3.05. The first-order chi connectivity index (χ1) is 6.56. The molecule has 4 nitrogen and oxygen atoms in total. The average molecular weight is 260 g/mol. The molecule has 1 atom stereocenters. The molecule has 76 valence electrons. The second-order valence-electron chi connectivity index (χ2n) is 2.70. The molecular formula is C9H10BrNO3. The van der Waals surface area contributed by atoms with E-state index in [0.29, 0.717) is 5.56 Å². The number of phenolic OH excluding ortho intramolecular Hbond substituents is 1. The van der Waals surface area contributed by atoms with Gasteiger partial charge >= 0.3 is 5.97 Å². The quantitative estimate of drug-likeness (QED) is 0.787. The molecule has 1 aromatic carbocycles. The van der Waals surface area contributed by atoms with Crippen molar-refractivity contribution in [3.63, 3.8) is 0 Å². The highest BCUT2D eigenvalue weighted by molar-refractivity contribution is 9.10. The minimum atomic E-state index is -0.961. The molecule has 0 heterocycles. The third kappa shape index (κ3) is 2.24. The van der Waals surface area contributed by atoms with Crippen LogP contribution in [0.2, 0.25) is 0 Å². The van der Waals surface area contributed by atoms with Crippen molar-refractivity contribution in [3.8, 4) is 5.75 Å². The first kappa shape index (κ1) is 11.0. The average Bonchev–Trinajstić information content (AvgIpc) is 2.19. The smallest absolute Gasteiger partial charge is 0.327 e. The Kier molecular flexibility index (Phi) is 3.49. The zero-order valence-corrected chi connectivity index (χ0v) is 9.11. The fourth-order valence-electron chi connectivity index (χ4n) is 1.03. The van der Waals surface area contributed by atoms with Gasteiger partial charge in [-0.25, -0.2) is 0 Å². The third-order valence-corrected chi connectivity index (χ3v) is 2.27. The van der Waals surface area contributed by atoms with Crippen molar-refractivity contribution in [2.75, 3.05) is 7.11 Å². The fraction of sp³-hybridized carbons (Fsp3) is 0.222. The molecule has 0 aliphatic heterocycles. The lowest BCUT2D eigenvalue weighted by molar-refractivity contribution is -0.142. The molecule has 1 rings (SSSR count). The van der Waals surface area contributed by atoms with Gasteiger partial charge in [-0.2, -0.15) is 0 Å². The molecule has 0 saturated carbocycles. The maximum Gasteiger partial charge on any atom is 0.327 e. The normalized spacial score (nSPS) is 12.2. The van der Waals surface area contributed by atoms with Gasteiger partial charge in [0, 0.05) is 10.0 Å². The minimum Gasteiger partial charge on any atom is -0.508 e. The molecule has 0 amide bonds. The van der Waals surface area contributed by atoms with E-state index >= 15 is 0 Å². The SMILES string of the molecule is COC(=O)C(N)c1cc(Br)ccc1O. The van der Waals surface area contributed by atoms with Gasteiger partial charge in [0.05, 0.1) is 7.11 Å². The fourth-order valence-corrected chi connectivity index (χ4v) is 1.41. The highest BCUT2D eigenvalue weighted by Gasteiger charge is 2.19. The molecule has 5 heteroatoms. The summed E-state index contributed by atoms with van der Waals surface area (Å²) in [6.45, 7) is 0. The molecule has 0 fully saturated rings. The molecule has 1 unspecified atom stereocenters. The summed E-state index contributed by atoms with van der Waals surface area (Å²) in [5.41, 5.74) is 5.90. The molecular weight excluding hydrogens is 250 g/mol. The number of aromatic hydroxyl groups is 1. The summed E-state index contributed by atoms with van der Waals surface area (Å²) < 4.78 is 5.21. The first-order valence-corrected chi connectivity index (χ1v) is 4.67. The Bertz CT molecular complexity index is 354. The van der Waals surface area contributed by atoms with Crippen LogP contribution in [0.5, 0.6) is 5.75 Å². The van der Waals surface area contributed by atoms with Crippen molar-refractivity contribution in [2.45, 2.75) is 6.04 Å². The first-order valence-electron chi connectivity index (χ1n) is 3.88. The van der Waals surface area contributed by atoms with Crippen LogP contribution in [0.3, 0.4) is 0 Å². The predicted molar refractivity (Wildman–Crippen MR) is 54.8 cm³/mol. The molecule has 1 aromatic rings. The summed E-state index contributed by atoms with van der Waals surface area (Å²) in [5.74, 6) is -0.607. The molecule has 0 saturated heterocycles. The number of benzene rings is 1. The van der Waals surface area contributed by atoms with Crippen molar-refractivity contribution in [3.05, 3.63) is 28.2 Å². The lowest BCUT2D eigenvalue weighted by atomic mass is 10.1. The monoisotopic (exact) mass is 259 g/mol. The van der Waals surface area contributed by atoms with Gasteiger partial charge in [0.15, 0.2) is 0 Å². The van der Waals surface area contributed by atoms with Crippen LogP contribution in [-0.4, -0.2) is 18.2 Å². The van der Waals surface area contributed by atoms with Crippen molar-refractivity contribution in [1.82, 2.24) is 0 Å². The van der Waals surface area contributed by atoms with Gasteiger partial charge in [-0.3, -0.25) is 4.79 Å². The van der Waals surface area contributed by atoms with Gasteiger partial charge in [-0.05, 0) is 18.2 Å². The van der Waals surface area contributed by atoms with Crippen LogP contribution in [0.4, 0.5) is 0 Å². The van der Waals surface area contributed by atoms with E-state index in [1.165, 1.54) is 13.2 Å². The molecule has 0 spiro atoms. The number of ether oxygens (including phenoxy) is 1. The van der Waals surface area contributed by atoms with Crippen molar-refractivity contribution < 1.29 is 14.6 Å². The Labute approximate surface area is 89.8 Å². The van der Waals surface area contributed by atoms with Crippen molar-refractivity contribution in [2.24, 2.45) is 5.73 Å². The van der Waals surface area contributed by atoms with Crippen LogP contribution in [0, 0.1) is 0 Å². The van der Waals surface area contributed by atoms with Gasteiger partial charge in [0.25, 0.3) is 0 Å². The topological polar surface area (TPSA) is 72.5 Å². The largest absolute Gasteiger partial charge is 0.508 e. The standard InChI is InChI=1S/C9H10BrNO3/c1-14-9(13)8(11)6-4-5(10)2-3-7(6)12/h2-4,8,12H,11H2,1H3. The van der Waals surface area contributed by atoms with Crippen LogP contribution in [0.1, 0.15) is 11.6 Å². The molecule has 0 aliphatic rings. The van der Waals surface area contributed by atoms with Crippen molar-refractivity contribution in [1.29, 1.82) is 0 Å². The Morgan fingerprint density at radius 3 is 2.86 bits per heavy atom. The van der Waals surface area contributed by atoms with Gasteiger partial charge in [0.2, 0.25) is 0 Å². The van der Waals surface area contributed by atoms with Crippen molar-refractivity contribution >= 4 is 21.9 Å². The molecule has 0 radical (unpaired) electrons. The number of nitrogens with two attached hydrogens (primary N) is 1. The van der Waals surface area contributed by atoms with Crippen LogP contribution in [-0.2, 0) is 9.53 Å². The minimum absolute atomic E-state index is 0.0221. The molecule has 0 aromatic heterocycles. The molecule has 0 bridgehead atoms. The number of methoxy groups -OCH3 is 1. The Morgan fingerprint density at radius 1 is 1.64 bits per heavy atom. The number of hydrogen-bond acceptors (Lipinski definition) is 4. The van der Waals surface area contributed by atoms with Gasteiger partial charge in [-0.1, -0.05) is 15.9 Å². The van der Waals surface area contributed by atoms with Gasteiger partial charge < -0.3 is 15.6 Å². The van der Waals surface area contributed by atoms with E-state index in [0.717, 1.165) is 4.47 Å². The van der Waals surface area contributed by atoms with Crippen LogP contribution >= 0.6 is 15.9 Å².